The highest BCUT2D eigenvalue weighted by molar-refractivity contribution is 6.28. The van der Waals surface area contributed by atoms with E-state index in [1.165, 1.54) is 18.5 Å². The number of nitrogens with one attached hydrogen (secondary N) is 2. The largest absolute Gasteiger partial charge is 0.467 e. The minimum Gasteiger partial charge on any atom is -0.467 e. The van der Waals surface area contributed by atoms with Crippen molar-refractivity contribution in [3.05, 3.63) is 41.2 Å². The quantitative estimate of drug-likeness (QED) is 0.719. The van der Waals surface area contributed by atoms with Crippen molar-refractivity contribution in [2.24, 2.45) is 0 Å². The minimum absolute atomic E-state index is 0.239. The predicted octanol–water partition coefficient (Wildman–Crippen LogP) is 3.69. The van der Waals surface area contributed by atoms with Crippen molar-refractivity contribution >= 4 is 28.5 Å². The Morgan fingerprint density at radius 2 is 2.30 bits per heavy atom. The Kier molecular flexibility index (Phi) is 2.67. The number of aromatic nitrogens is 3. The maximum absolute atomic E-state index is 5.98. The van der Waals surface area contributed by atoms with E-state index in [0.717, 1.165) is 22.6 Å². The molecule has 3 aromatic heterocycles. The zero-order valence-electron chi connectivity index (χ0n) is 10.7. The number of hydrogen-bond acceptors (Lipinski definition) is 4. The summed E-state index contributed by atoms with van der Waals surface area (Å²) in [6.45, 7) is 0.569. The molecule has 3 heterocycles. The number of nitrogens with zero attached hydrogens (tertiary/aromatic N) is 2. The summed E-state index contributed by atoms with van der Waals surface area (Å²) in [5.74, 6) is 2.23. The molecule has 3 aromatic rings. The number of halogens is 1. The summed E-state index contributed by atoms with van der Waals surface area (Å²) in [4.78, 5) is 11.9. The zero-order chi connectivity index (χ0) is 13.5. The molecule has 0 atom stereocenters. The van der Waals surface area contributed by atoms with Gasteiger partial charge in [0, 0.05) is 5.69 Å². The van der Waals surface area contributed by atoms with Crippen LogP contribution in [0, 0.1) is 0 Å². The summed E-state index contributed by atoms with van der Waals surface area (Å²) in [6, 6.07) is 5.90. The van der Waals surface area contributed by atoms with Gasteiger partial charge in [-0.1, -0.05) is 0 Å². The SMILES string of the molecule is Clc1nc(NCc2ccco2)c2cc(C3CC3)[nH]c2n1. The standard InChI is InChI=1S/C14H13ClN4O/c15-14-18-12(16-7-9-2-1-5-20-9)10-6-11(8-3-4-8)17-13(10)19-14/h1-2,5-6,8H,3-4,7H2,(H2,16,17,18,19). The van der Waals surface area contributed by atoms with Crippen LogP contribution in [0.15, 0.2) is 28.9 Å². The summed E-state index contributed by atoms with van der Waals surface area (Å²) in [6.07, 6.45) is 4.13. The molecule has 0 bridgehead atoms. The van der Waals surface area contributed by atoms with E-state index >= 15 is 0 Å². The molecule has 5 nitrogen and oxygen atoms in total. The Morgan fingerprint density at radius 3 is 3.05 bits per heavy atom. The first-order valence-corrected chi connectivity index (χ1v) is 7.00. The lowest BCUT2D eigenvalue weighted by molar-refractivity contribution is 0.518. The van der Waals surface area contributed by atoms with Gasteiger partial charge in [-0.15, -0.1) is 0 Å². The first kappa shape index (κ1) is 11.8. The normalized spacial score (nSPS) is 14.8. The molecule has 0 amide bonds. The maximum Gasteiger partial charge on any atom is 0.226 e. The minimum atomic E-state index is 0.239. The average molecular weight is 289 g/mol. The zero-order valence-corrected chi connectivity index (χ0v) is 11.4. The van der Waals surface area contributed by atoms with Crippen LogP contribution in [0.3, 0.4) is 0 Å². The van der Waals surface area contributed by atoms with Gasteiger partial charge in [0.2, 0.25) is 5.28 Å². The Labute approximate surface area is 120 Å². The van der Waals surface area contributed by atoms with Crippen LogP contribution in [-0.2, 0) is 6.54 Å². The Bertz CT molecular complexity index is 746. The predicted molar refractivity (Wildman–Crippen MR) is 76.9 cm³/mol. The summed E-state index contributed by atoms with van der Waals surface area (Å²) < 4.78 is 5.30. The molecular formula is C14H13ClN4O. The van der Waals surface area contributed by atoms with Gasteiger partial charge in [0.05, 0.1) is 18.2 Å². The van der Waals surface area contributed by atoms with Crippen LogP contribution in [-0.4, -0.2) is 15.0 Å². The molecule has 1 aliphatic carbocycles. The molecule has 0 spiro atoms. The lowest BCUT2D eigenvalue weighted by atomic mass is 10.2. The second-order valence-corrected chi connectivity index (χ2v) is 5.37. The molecular weight excluding hydrogens is 276 g/mol. The number of anilines is 1. The van der Waals surface area contributed by atoms with Crippen molar-refractivity contribution in [2.75, 3.05) is 5.32 Å². The molecule has 1 saturated carbocycles. The van der Waals surface area contributed by atoms with E-state index in [2.05, 4.69) is 26.3 Å². The topological polar surface area (TPSA) is 66.7 Å². The lowest BCUT2D eigenvalue weighted by Gasteiger charge is -2.04. The molecule has 0 saturated heterocycles. The maximum atomic E-state index is 5.98. The van der Waals surface area contributed by atoms with Gasteiger partial charge in [-0.05, 0) is 48.6 Å². The van der Waals surface area contributed by atoms with Gasteiger partial charge in [0.25, 0.3) is 0 Å². The fraction of sp³-hybridized carbons (Fsp3) is 0.286. The molecule has 1 fully saturated rings. The number of furan rings is 1. The number of hydrogen-bond donors (Lipinski definition) is 2. The van der Waals surface area contributed by atoms with Gasteiger partial charge >= 0.3 is 0 Å². The molecule has 0 radical (unpaired) electrons. The number of rotatable bonds is 4. The number of aromatic amines is 1. The van der Waals surface area contributed by atoms with E-state index in [1.807, 2.05) is 12.1 Å². The highest BCUT2D eigenvalue weighted by Gasteiger charge is 2.26. The summed E-state index contributed by atoms with van der Waals surface area (Å²) in [5.41, 5.74) is 2.01. The average Bonchev–Trinajstić information content (AvgIpc) is 2.99. The lowest BCUT2D eigenvalue weighted by Crippen LogP contribution is -2.01. The molecule has 2 N–H and O–H groups in total. The van der Waals surface area contributed by atoms with Crippen molar-refractivity contribution < 1.29 is 4.42 Å². The fourth-order valence-corrected chi connectivity index (χ4v) is 2.50. The van der Waals surface area contributed by atoms with Crippen molar-refractivity contribution in [2.45, 2.75) is 25.3 Å². The van der Waals surface area contributed by atoms with E-state index in [9.17, 15) is 0 Å². The summed E-state index contributed by atoms with van der Waals surface area (Å²) in [5, 5.41) is 4.47. The van der Waals surface area contributed by atoms with E-state index in [0.29, 0.717) is 12.5 Å². The van der Waals surface area contributed by atoms with Crippen LogP contribution < -0.4 is 5.32 Å². The monoisotopic (exact) mass is 288 g/mol. The Balaban J connectivity index is 1.69. The van der Waals surface area contributed by atoms with Crippen LogP contribution >= 0.6 is 11.6 Å². The number of fused-ring (bicyclic) bond motifs is 1. The molecule has 6 heteroatoms. The van der Waals surface area contributed by atoms with E-state index < -0.39 is 0 Å². The second-order valence-electron chi connectivity index (χ2n) is 5.04. The highest BCUT2D eigenvalue weighted by atomic mass is 35.5. The number of H-pyrrole nitrogens is 1. The first-order chi connectivity index (χ1) is 9.79. The first-order valence-electron chi connectivity index (χ1n) is 6.62. The van der Waals surface area contributed by atoms with Crippen molar-refractivity contribution in [1.82, 2.24) is 15.0 Å². The summed E-state index contributed by atoms with van der Waals surface area (Å²) >= 11 is 5.98. The van der Waals surface area contributed by atoms with Crippen LogP contribution in [0.4, 0.5) is 5.82 Å². The molecule has 0 unspecified atom stereocenters. The fourth-order valence-electron chi connectivity index (χ4n) is 2.34. The van der Waals surface area contributed by atoms with Crippen molar-refractivity contribution in [3.63, 3.8) is 0 Å². The van der Waals surface area contributed by atoms with Gasteiger partial charge < -0.3 is 14.7 Å². The molecule has 4 rings (SSSR count). The van der Waals surface area contributed by atoms with Crippen LogP contribution in [0.5, 0.6) is 0 Å². The third-order valence-electron chi connectivity index (χ3n) is 3.51. The van der Waals surface area contributed by atoms with Gasteiger partial charge in [0.1, 0.15) is 17.2 Å². The van der Waals surface area contributed by atoms with Crippen LogP contribution in [0.25, 0.3) is 11.0 Å². The van der Waals surface area contributed by atoms with Gasteiger partial charge in [-0.25, -0.2) is 4.98 Å². The molecule has 0 aliphatic heterocycles. The molecule has 0 aromatic carbocycles. The smallest absolute Gasteiger partial charge is 0.226 e. The Hall–Kier alpha value is -2.01. The third kappa shape index (κ3) is 2.14. The van der Waals surface area contributed by atoms with Crippen LogP contribution in [0.2, 0.25) is 5.28 Å². The summed E-state index contributed by atoms with van der Waals surface area (Å²) in [7, 11) is 0. The highest BCUT2D eigenvalue weighted by Crippen LogP contribution is 2.41. The third-order valence-corrected chi connectivity index (χ3v) is 3.68. The van der Waals surface area contributed by atoms with Crippen molar-refractivity contribution in [1.29, 1.82) is 0 Å². The van der Waals surface area contributed by atoms with E-state index in [1.54, 1.807) is 6.26 Å². The second kappa shape index (κ2) is 4.52. The van der Waals surface area contributed by atoms with Gasteiger partial charge in [-0.3, -0.25) is 0 Å². The van der Waals surface area contributed by atoms with E-state index in [-0.39, 0.29) is 5.28 Å². The molecule has 20 heavy (non-hydrogen) atoms. The van der Waals surface area contributed by atoms with E-state index in [4.69, 9.17) is 16.0 Å². The van der Waals surface area contributed by atoms with Gasteiger partial charge in [0.15, 0.2) is 0 Å². The molecule has 1 aliphatic rings. The van der Waals surface area contributed by atoms with Crippen LogP contribution in [0.1, 0.15) is 30.2 Å². The van der Waals surface area contributed by atoms with Gasteiger partial charge in [-0.2, -0.15) is 4.98 Å². The van der Waals surface area contributed by atoms with Crippen molar-refractivity contribution in [3.8, 4) is 0 Å². The Morgan fingerprint density at radius 1 is 1.40 bits per heavy atom. The molecule has 102 valence electrons.